The molecule has 488 valence electrons. The number of benzene rings is 2. The van der Waals surface area contributed by atoms with E-state index in [1.165, 1.54) is 18.6 Å². The van der Waals surface area contributed by atoms with E-state index in [0.717, 1.165) is 28.0 Å². The molecule has 9 atom stereocenters. The van der Waals surface area contributed by atoms with Crippen molar-refractivity contribution in [2.24, 2.45) is 22.2 Å². The number of imidazole rings is 1. The van der Waals surface area contributed by atoms with E-state index in [2.05, 4.69) is 67.8 Å². The number of aliphatic imine (C=N–C) groups is 1. The number of aromatic nitrogens is 3. The van der Waals surface area contributed by atoms with E-state index in [4.69, 9.17) is 63.6 Å². The summed E-state index contributed by atoms with van der Waals surface area (Å²) < 4.78 is 0. The summed E-state index contributed by atoms with van der Waals surface area (Å²) in [6, 6.07) is -0.122. The Morgan fingerprint density at radius 1 is 0.744 bits per heavy atom. The normalized spacial score (nSPS) is 22.9. The predicted molar refractivity (Wildman–Crippen MR) is 342 cm³/mol. The standard InChI is InChI=1S/C58H77Cl4N17O10S/c1-2-3-12-38(71-44(80)17-7-6-16-43-50-42(28-90-43)77-58(89)78-50)56(88)79-26-45(81)67-18-9-8-14-36(51(63)83)73-53(85)40(22-31-24-69-35-13-5-4-11-33(31)35)75-52(84)37(15-10-19-68-57(64)65)74-54(86)39(21-30-20-34(59)48(61)49(62)47(30)60)76-55(87)41(72-46(82)27-79)23-32-25-66-29-70-32/h4-5,11,13,20,24-25,29,36-43,50,69H,2-3,6-10,12,14-19,21-23,26-28H2,1H3,(H2,63,83)(H,66,70)(H,67,81)(H,71,80)(H,72,82)(H,73,85)(H,74,86)(H,75,84)(H,76,87)(H4,64,65,68)(H2,77,78,89)/t36-,37+,38+,39-,40+,41+,42+,43+,50+/m1/s1. The molecule has 0 unspecified atom stereocenters. The van der Waals surface area contributed by atoms with Crippen molar-refractivity contribution in [1.29, 1.82) is 0 Å². The van der Waals surface area contributed by atoms with Gasteiger partial charge in [0.05, 0.1) is 38.5 Å². The van der Waals surface area contributed by atoms with Crippen molar-refractivity contribution in [3.63, 3.8) is 0 Å². The molecule has 0 radical (unpaired) electrons. The first-order valence-corrected chi connectivity index (χ1v) is 32.4. The van der Waals surface area contributed by atoms with Gasteiger partial charge in [0.25, 0.3) is 0 Å². The maximum absolute atomic E-state index is 15.0. The number of halogens is 4. The van der Waals surface area contributed by atoms with Crippen LogP contribution in [0, 0.1) is 0 Å². The van der Waals surface area contributed by atoms with Crippen LogP contribution < -0.4 is 65.1 Å². The Hall–Kier alpha value is -7.53. The summed E-state index contributed by atoms with van der Waals surface area (Å²) in [5.74, 6) is -6.79. The minimum Gasteiger partial charge on any atom is -0.370 e. The van der Waals surface area contributed by atoms with Gasteiger partial charge in [0.2, 0.25) is 53.2 Å². The van der Waals surface area contributed by atoms with Crippen LogP contribution in [0.2, 0.25) is 20.1 Å². The SMILES string of the molecule is CCCC[C@H](NC(=O)CCCC[C@@H]1SC[C@@H]2NC(=O)N[C@@H]21)C(=O)N1CC(=O)NCCCC[C@H](C(N)=O)NC(=O)[C@H](Cc2c[nH]c3ccccc23)NC(=O)[C@H](CCCN=C(N)N)NC(=O)[C@@H](Cc2cc(Cl)c(Cl)c(Cl)c2Cl)NC(=O)[C@H](Cc2cnc[nH]2)NC(=O)C1. The fourth-order valence-electron chi connectivity index (χ4n) is 10.9. The third-order valence-corrected chi connectivity index (χ3v) is 18.9. The molecule has 3 saturated heterocycles. The summed E-state index contributed by atoms with van der Waals surface area (Å²) in [5, 5.41) is 25.4. The molecule has 27 nitrogen and oxygen atoms in total. The Morgan fingerprint density at radius 3 is 2.14 bits per heavy atom. The number of fused-ring (bicyclic) bond motifs is 2. The van der Waals surface area contributed by atoms with E-state index in [0.29, 0.717) is 36.9 Å². The van der Waals surface area contributed by atoms with Crippen LogP contribution in [0.15, 0.2) is 54.0 Å². The maximum Gasteiger partial charge on any atom is 0.315 e. The van der Waals surface area contributed by atoms with Gasteiger partial charge in [0, 0.05) is 78.8 Å². The quantitative estimate of drug-likeness (QED) is 0.0142. The lowest BCUT2D eigenvalue weighted by molar-refractivity contribution is -0.142. The second-order valence-electron chi connectivity index (χ2n) is 22.4. The number of para-hydroxylation sites is 1. The molecule has 3 fully saturated rings. The minimum absolute atomic E-state index is 0.00137. The molecule has 0 saturated carbocycles. The number of amides is 11. The Labute approximate surface area is 543 Å². The molecule has 0 bridgehead atoms. The Kier molecular flexibility index (Phi) is 26.5. The van der Waals surface area contributed by atoms with Crippen molar-refractivity contribution in [3.8, 4) is 0 Å². The van der Waals surface area contributed by atoms with Crippen LogP contribution >= 0.6 is 58.2 Å². The highest BCUT2D eigenvalue weighted by Crippen LogP contribution is 2.39. The number of carbonyl (C=O) groups is 10. The van der Waals surface area contributed by atoms with E-state index in [1.807, 2.05) is 25.1 Å². The lowest BCUT2D eigenvalue weighted by Crippen LogP contribution is -2.60. The summed E-state index contributed by atoms with van der Waals surface area (Å²) >= 11 is 27.8. The molecule has 3 aliphatic rings. The third kappa shape index (κ3) is 20.2. The highest BCUT2D eigenvalue weighted by molar-refractivity contribution is 8.00. The number of nitrogens with one attached hydrogen (secondary N) is 11. The number of primary amides is 1. The molecular weight excluding hydrogens is 1270 g/mol. The molecule has 7 rings (SSSR count). The van der Waals surface area contributed by atoms with Gasteiger partial charge in [0.1, 0.15) is 49.3 Å². The summed E-state index contributed by atoms with van der Waals surface area (Å²) in [6.45, 7) is 0.421. The van der Waals surface area contributed by atoms with Crippen LogP contribution in [0.5, 0.6) is 0 Å². The molecule has 5 heterocycles. The summed E-state index contributed by atoms with van der Waals surface area (Å²) in [5.41, 5.74) is 18.9. The van der Waals surface area contributed by atoms with Crippen LogP contribution in [0.1, 0.15) is 101 Å². The van der Waals surface area contributed by atoms with Gasteiger partial charge in [0.15, 0.2) is 5.96 Å². The number of urea groups is 1. The fourth-order valence-corrected chi connectivity index (χ4v) is 13.3. The van der Waals surface area contributed by atoms with Crippen LogP contribution in [0.3, 0.4) is 0 Å². The molecule has 2 aromatic heterocycles. The van der Waals surface area contributed by atoms with Crippen LogP contribution in [-0.2, 0) is 62.4 Å². The molecule has 11 amide bonds. The molecule has 32 heteroatoms. The van der Waals surface area contributed by atoms with Gasteiger partial charge >= 0.3 is 6.03 Å². The fraction of sp³-hybridized carbons (Fsp3) is 0.517. The van der Waals surface area contributed by atoms with E-state index >= 15 is 4.79 Å². The van der Waals surface area contributed by atoms with Crippen LogP contribution in [0.4, 0.5) is 4.79 Å². The summed E-state index contributed by atoms with van der Waals surface area (Å²) in [4.78, 5) is 156. The second kappa shape index (κ2) is 34.1. The van der Waals surface area contributed by atoms with E-state index < -0.39 is 109 Å². The number of thioether (sulfide) groups is 1. The first kappa shape index (κ1) is 69.9. The first-order valence-electron chi connectivity index (χ1n) is 29.8. The minimum atomic E-state index is -1.67. The molecule has 3 aliphatic heterocycles. The monoisotopic (exact) mass is 1340 g/mol. The van der Waals surface area contributed by atoms with Crippen LogP contribution in [0.25, 0.3) is 10.9 Å². The molecule has 0 spiro atoms. The molecule has 0 aliphatic carbocycles. The molecular formula is C58H77Cl4N17O10S. The average molecular weight is 1350 g/mol. The van der Waals surface area contributed by atoms with Gasteiger partial charge in [-0.05, 0) is 74.6 Å². The number of hydrogen-bond acceptors (Lipinski definition) is 13. The number of rotatable bonds is 21. The highest BCUT2D eigenvalue weighted by Gasteiger charge is 2.43. The van der Waals surface area contributed by atoms with Crippen molar-refractivity contribution in [3.05, 3.63) is 86.0 Å². The number of H-pyrrole nitrogens is 2. The lowest BCUT2D eigenvalue weighted by Gasteiger charge is -2.29. The zero-order chi connectivity index (χ0) is 65.0. The summed E-state index contributed by atoms with van der Waals surface area (Å²) in [6.07, 6.45) is 7.20. The smallest absolute Gasteiger partial charge is 0.315 e. The second-order valence-corrected chi connectivity index (χ2v) is 25.2. The number of nitrogens with two attached hydrogens (primary N) is 3. The number of guanidine groups is 1. The van der Waals surface area contributed by atoms with Crippen molar-refractivity contribution in [1.82, 2.24) is 67.7 Å². The van der Waals surface area contributed by atoms with Crippen LogP contribution in [-0.4, -0.2) is 171 Å². The third-order valence-electron chi connectivity index (χ3n) is 15.6. The molecule has 90 heavy (non-hydrogen) atoms. The van der Waals surface area contributed by atoms with E-state index in [1.54, 1.807) is 24.0 Å². The number of carbonyl (C=O) groups excluding carboxylic acids is 10. The van der Waals surface area contributed by atoms with Gasteiger partial charge < -0.3 is 79.9 Å². The Bertz CT molecular complexity index is 3260. The lowest BCUT2D eigenvalue weighted by atomic mass is 10.0. The first-order chi connectivity index (χ1) is 43.1. The van der Waals surface area contributed by atoms with Crippen molar-refractivity contribution in [2.45, 2.75) is 157 Å². The van der Waals surface area contributed by atoms with E-state index in [9.17, 15) is 43.2 Å². The van der Waals surface area contributed by atoms with Gasteiger partial charge in [-0.3, -0.25) is 48.1 Å². The van der Waals surface area contributed by atoms with E-state index in [-0.39, 0.29) is 126 Å². The number of nitrogens with zero attached hydrogens (tertiary/aromatic N) is 3. The number of hydrogen-bond donors (Lipinski definition) is 14. The Balaban J connectivity index is 1.21. The number of aromatic amines is 2. The molecule has 2 aromatic carbocycles. The van der Waals surface area contributed by atoms with Gasteiger partial charge in [-0.25, -0.2) is 9.78 Å². The van der Waals surface area contributed by atoms with Gasteiger partial charge in [-0.1, -0.05) is 90.8 Å². The average Bonchev–Trinajstić information content (AvgIpc) is 1.58. The van der Waals surface area contributed by atoms with Gasteiger partial charge in [-0.2, -0.15) is 11.8 Å². The molecule has 17 N–H and O–H groups in total. The predicted octanol–water partition coefficient (Wildman–Crippen LogP) is 2.02. The van der Waals surface area contributed by atoms with Crippen molar-refractivity contribution < 1.29 is 47.9 Å². The highest BCUT2D eigenvalue weighted by atomic mass is 35.5. The van der Waals surface area contributed by atoms with Crippen molar-refractivity contribution >= 4 is 134 Å². The Morgan fingerprint density at radius 2 is 1.43 bits per heavy atom. The number of unbranched alkanes of at least 4 members (excludes halogenated alkanes) is 2. The maximum atomic E-state index is 15.0. The van der Waals surface area contributed by atoms with Gasteiger partial charge in [-0.15, -0.1) is 0 Å². The largest absolute Gasteiger partial charge is 0.370 e. The zero-order valence-electron chi connectivity index (χ0n) is 49.5. The van der Waals surface area contributed by atoms with Crippen molar-refractivity contribution in [2.75, 3.05) is 31.9 Å². The topological polar surface area (TPSA) is 417 Å². The zero-order valence-corrected chi connectivity index (χ0v) is 53.4. The molecule has 4 aromatic rings. The summed E-state index contributed by atoms with van der Waals surface area (Å²) in [7, 11) is 0.